The molecule has 0 spiro atoms. The summed E-state index contributed by atoms with van der Waals surface area (Å²) in [5, 5.41) is 0. The van der Waals surface area contributed by atoms with Crippen molar-refractivity contribution in [2.45, 2.75) is 11.8 Å². The van der Waals surface area contributed by atoms with E-state index in [1.165, 1.54) is 0 Å². The Morgan fingerprint density at radius 1 is 1.38 bits per heavy atom. The highest BCUT2D eigenvalue weighted by atomic mass is 35.5. The summed E-state index contributed by atoms with van der Waals surface area (Å²) in [4.78, 5) is 9.68. The maximum absolute atomic E-state index is 10.6. The van der Waals surface area contributed by atoms with Gasteiger partial charge in [-0.2, -0.15) is 0 Å². The standard InChI is InChI=1S/C10H11ClO2/c1-10(11,7-12)8-3-5-9(13-2)6-4-8/h3-7H,1-2H3. The van der Waals surface area contributed by atoms with Gasteiger partial charge in [0.2, 0.25) is 0 Å². The number of hydrogen-bond donors (Lipinski definition) is 0. The van der Waals surface area contributed by atoms with Crippen LogP contribution < -0.4 is 4.74 Å². The second kappa shape index (κ2) is 3.79. The number of methoxy groups -OCH3 is 1. The van der Waals surface area contributed by atoms with Crippen molar-refractivity contribution in [3.05, 3.63) is 29.8 Å². The van der Waals surface area contributed by atoms with E-state index < -0.39 is 4.87 Å². The van der Waals surface area contributed by atoms with E-state index in [0.29, 0.717) is 0 Å². The van der Waals surface area contributed by atoms with Crippen LogP contribution in [0.25, 0.3) is 0 Å². The van der Waals surface area contributed by atoms with Crippen LogP contribution in [0.15, 0.2) is 24.3 Å². The van der Waals surface area contributed by atoms with Crippen molar-refractivity contribution in [1.29, 1.82) is 0 Å². The van der Waals surface area contributed by atoms with Gasteiger partial charge < -0.3 is 9.53 Å². The first kappa shape index (κ1) is 10.1. The number of halogens is 1. The molecule has 1 atom stereocenters. The summed E-state index contributed by atoms with van der Waals surface area (Å²) >= 11 is 5.93. The van der Waals surface area contributed by atoms with Gasteiger partial charge in [0.05, 0.1) is 7.11 Å². The molecular formula is C10H11ClO2. The van der Waals surface area contributed by atoms with Gasteiger partial charge in [0.25, 0.3) is 0 Å². The molecule has 0 aliphatic rings. The van der Waals surface area contributed by atoms with Gasteiger partial charge in [-0.05, 0) is 24.6 Å². The summed E-state index contributed by atoms with van der Waals surface area (Å²) in [6.07, 6.45) is 0.719. The zero-order valence-electron chi connectivity index (χ0n) is 7.58. The molecule has 2 nitrogen and oxygen atoms in total. The molecule has 1 unspecified atom stereocenters. The van der Waals surface area contributed by atoms with Gasteiger partial charge >= 0.3 is 0 Å². The smallest absolute Gasteiger partial charge is 0.145 e. The van der Waals surface area contributed by atoms with Gasteiger partial charge in [-0.1, -0.05) is 12.1 Å². The third-order valence-corrected chi connectivity index (χ3v) is 2.18. The lowest BCUT2D eigenvalue weighted by Crippen LogP contribution is -2.14. The normalized spacial score (nSPS) is 14.7. The monoisotopic (exact) mass is 198 g/mol. The van der Waals surface area contributed by atoms with Gasteiger partial charge in [0.15, 0.2) is 0 Å². The molecule has 70 valence electrons. The van der Waals surface area contributed by atoms with E-state index in [0.717, 1.165) is 17.6 Å². The molecule has 3 heteroatoms. The van der Waals surface area contributed by atoms with Gasteiger partial charge in [-0.3, -0.25) is 0 Å². The second-order valence-electron chi connectivity index (χ2n) is 2.92. The van der Waals surface area contributed by atoms with Crippen LogP contribution in [0.3, 0.4) is 0 Å². The fraction of sp³-hybridized carbons (Fsp3) is 0.300. The summed E-state index contributed by atoms with van der Waals surface area (Å²) < 4.78 is 4.98. The van der Waals surface area contributed by atoms with Crippen molar-refractivity contribution in [3.8, 4) is 5.75 Å². The number of carbonyl (C=O) groups is 1. The molecule has 1 rings (SSSR count). The highest BCUT2D eigenvalue weighted by molar-refractivity contribution is 6.31. The summed E-state index contributed by atoms with van der Waals surface area (Å²) in [7, 11) is 1.59. The predicted molar refractivity (Wildman–Crippen MR) is 52.3 cm³/mol. The third kappa shape index (κ3) is 2.22. The minimum atomic E-state index is -0.938. The van der Waals surface area contributed by atoms with E-state index in [1.807, 2.05) is 0 Å². The Labute approximate surface area is 82.5 Å². The van der Waals surface area contributed by atoms with Crippen LogP contribution in [0, 0.1) is 0 Å². The maximum atomic E-state index is 10.6. The number of hydrogen-bond acceptors (Lipinski definition) is 2. The van der Waals surface area contributed by atoms with Crippen molar-refractivity contribution in [1.82, 2.24) is 0 Å². The minimum Gasteiger partial charge on any atom is -0.497 e. The van der Waals surface area contributed by atoms with E-state index in [9.17, 15) is 4.79 Å². The molecule has 0 N–H and O–H groups in total. The number of benzene rings is 1. The molecule has 0 fully saturated rings. The third-order valence-electron chi connectivity index (χ3n) is 1.88. The molecule has 1 aromatic carbocycles. The lowest BCUT2D eigenvalue weighted by atomic mass is 10.0. The molecule has 0 amide bonds. The summed E-state index contributed by atoms with van der Waals surface area (Å²) in [5.74, 6) is 0.752. The van der Waals surface area contributed by atoms with Gasteiger partial charge in [-0.15, -0.1) is 11.6 Å². The average molecular weight is 199 g/mol. The molecule has 13 heavy (non-hydrogen) atoms. The molecule has 0 aliphatic carbocycles. The van der Waals surface area contributed by atoms with Gasteiger partial charge in [0, 0.05) is 0 Å². The van der Waals surface area contributed by atoms with Crippen LogP contribution in [0.4, 0.5) is 0 Å². The molecule has 0 saturated heterocycles. The topological polar surface area (TPSA) is 26.3 Å². The molecule has 0 aromatic heterocycles. The molecule has 1 aromatic rings. The van der Waals surface area contributed by atoms with E-state index in [1.54, 1.807) is 38.3 Å². The average Bonchev–Trinajstić information content (AvgIpc) is 2.18. The number of rotatable bonds is 3. The molecule has 0 bridgehead atoms. The van der Waals surface area contributed by atoms with Crippen molar-refractivity contribution in [3.63, 3.8) is 0 Å². The van der Waals surface area contributed by atoms with Crippen LogP contribution in [-0.2, 0) is 9.67 Å². The van der Waals surface area contributed by atoms with Crippen molar-refractivity contribution >= 4 is 17.9 Å². The molecule has 0 aliphatic heterocycles. The van der Waals surface area contributed by atoms with E-state index in [4.69, 9.17) is 16.3 Å². The van der Waals surface area contributed by atoms with Crippen molar-refractivity contribution < 1.29 is 9.53 Å². The first-order chi connectivity index (χ1) is 6.10. The Hall–Kier alpha value is -1.02. The first-order valence-corrected chi connectivity index (χ1v) is 4.28. The van der Waals surface area contributed by atoms with Crippen molar-refractivity contribution in [2.24, 2.45) is 0 Å². The number of carbonyl (C=O) groups excluding carboxylic acids is 1. The first-order valence-electron chi connectivity index (χ1n) is 3.90. The van der Waals surface area contributed by atoms with Gasteiger partial charge in [0.1, 0.15) is 16.9 Å². The Kier molecular flexibility index (Phi) is 2.94. The number of aldehydes is 1. The number of alkyl halides is 1. The summed E-state index contributed by atoms with van der Waals surface area (Å²) in [5.41, 5.74) is 0.768. The van der Waals surface area contributed by atoms with Crippen molar-refractivity contribution in [2.75, 3.05) is 7.11 Å². The quantitative estimate of drug-likeness (QED) is 0.551. The van der Waals surface area contributed by atoms with E-state index in [-0.39, 0.29) is 0 Å². The molecule has 0 radical (unpaired) electrons. The second-order valence-corrected chi connectivity index (χ2v) is 3.71. The van der Waals surface area contributed by atoms with Gasteiger partial charge in [-0.25, -0.2) is 0 Å². The maximum Gasteiger partial charge on any atom is 0.145 e. The highest BCUT2D eigenvalue weighted by Crippen LogP contribution is 2.27. The molecular weight excluding hydrogens is 188 g/mol. The number of ether oxygens (including phenoxy) is 1. The summed E-state index contributed by atoms with van der Waals surface area (Å²) in [6, 6.07) is 7.11. The highest BCUT2D eigenvalue weighted by Gasteiger charge is 2.21. The summed E-state index contributed by atoms with van der Waals surface area (Å²) in [6.45, 7) is 1.66. The predicted octanol–water partition coefficient (Wildman–Crippen LogP) is 2.35. The Morgan fingerprint density at radius 2 is 1.92 bits per heavy atom. The van der Waals surface area contributed by atoms with Crippen LogP contribution in [0.2, 0.25) is 0 Å². The fourth-order valence-corrected chi connectivity index (χ4v) is 1.11. The lowest BCUT2D eigenvalue weighted by molar-refractivity contribution is -0.109. The van der Waals surface area contributed by atoms with E-state index in [2.05, 4.69) is 0 Å². The minimum absolute atomic E-state index is 0.719. The fourth-order valence-electron chi connectivity index (χ4n) is 0.985. The largest absolute Gasteiger partial charge is 0.497 e. The molecule has 0 heterocycles. The zero-order valence-corrected chi connectivity index (χ0v) is 8.34. The zero-order chi connectivity index (χ0) is 9.90. The Morgan fingerprint density at radius 3 is 2.31 bits per heavy atom. The SMILES string of the molecule is COc1ccc(C(C)(Cl)C=O)cc1. The Bertz CT molecular complexity index is 290. The van der Waals surface area contributed by atoms with Crippen LogP contribution in [0.5, 0.6) is 5.75 Å². The van der Waals surface area contributed by atoms with Crippen LogP contribution >= 0.6 is 11.6 Å². The molecule has 0 saturated carbocycles. The lowest BCUT2D eigenvalue weighted by Gasteiger charge is -2.14. The van der Waals surface area contributed by atoms with E-state index >= 15 is 0 Å². The van der Waals surface area contributed by atoms with Crippen LogP contribution in [0.1, 0.15) is 12.5 Å². The van der Waals surface area contributed by atoms with Crippen LogP contribution in [-0.4, -0.2) is 13.4 Å². The Balaban J connectivity index is 2.98.